The molecule has 0 aliphatic rings. The summed E-state index contributed by atoms with van der Waals surface area (Å²) in [7, 11) is 0. The Hall–Kier alpha value is -3.17. The number of fused-ring (bicyclic) bond motifs is 3. The first-order valence-electron chi connectivity index (χ1n) is 9.63. The molecule has 142 valence electrons. The van der Waals surface area contributed by atoms with Crippen LogP contribution in [0.15, 0.2) is 66.9 Å². The lowest BCUT2D eigenvalue weighted by molar-refractivity contribution is 0.915. The first kappa shape index (κ1) is 17.9. The van der Waals surface area contributed by atoms with Gasteiger partial charge in [0.1, 0.15) is 5.69 Å². The zero-order valence-corrected chi connectivity index (χ0v) is 17.3. The molecule has 0 aliphatic carbocycles. The molecule has 0 unspecified atom stereocenters. The molecule has 0 saturated carbocycles. The minimum Gasteiger partial charge on any atom is -0.255 e. The van der Waals surface area contributed by atoms with Gasteiger partial charge in [0.05, 0.1) is 16.7 Å². The molecule has 0 saturated heterocycles. The fraction of sp³-hybridized carbons (Fsp3) is 0.120. The van der Waals surface area contributed by atoms with Crippen molar-refractivity contribution in [1.82, 2.24) is 14.8 Å². The highest BCUT2D eigenvalue weighted by Crippen LogP contribution is 2.34. The van der Waals surface area contributed by atoms with Crippen molar-refractivity contribution in [2.45, 2.75) is 20.8 Å². The lowest BCUT2D eigenvalue weighted by atomic mass is 10.1. The lowest BCUT2D eigenvalue weighted by Gasteiger charge is -2.09. The van der Waals surface area contributed by atoms with Gasteiger partial charge in [-0.15, -0.1) is 0 Å². The number of hydrogen-bond donors (Lipinski definition) is 0. The summed E-state index contributed by atoms with van der Waals surface area (Å²) in [5.41, 5.74) is 8.74. The van der Waals surface area contributed by atoms with Crippen molar-refractivity contribution >= 4 is 33.4 Å². The van der Waals surface area contributed by atoms with E-state index in [2.05, 4.69) is 61.9 Å². The molecule has 0 atom stereocenters. The topological polar surface area (TPSA) is 30.7 Å². The summed E-state index contributed by atoms with van der Waals surface area (Å²) in [5, 5.41) is 7.89. The Balaban J connectivity index is 1.90. The van der Waals surface area contributed by atoms with Gasteiger partial charge >= 0.3 is 0 Å². The van der Waals surface area contributed by atoms with Crippen LogP contribution in [-0.4, -0.2) is 14.8 Å². The van der Waals surface area contributed by atoms with Crippen LogP contribution in [0.1, 0.15) is 16.7 Å². The molecular formula is C25H20ClN3. The molecule has 0 amide bonds. The van der Waals surface area contributed by atoms with Crippen molar-refractivity contribution in [3.05, 3.63) is 88.6 Å². The standard InChI is InChI=1S/C25H20ClN3/c1-15-4-11-23-21(12-15)25-22(14-27-23)24(18-6-8-19(26)9-7-18)28-29(25)20-10-5-16(2)17(3)13-20/h4-14H,1-3H3. The predicted octanol–water partition coefficient (Wildman–Crippen LogP) is 6.82. The molecule has 2 heterocycles. The summed E-state index contributed by atoms with van der Waals surface area (Å²) in [6.45, 7) is 6.37. The maximum absolute atomic E-state index is 6.11. The van der Waals surface area contributed by atoms with Crippen molar-refractivity contribution in [2.24, 2.45) is 0 Å². The van der Waals surface area contributed by atoms with Crippen LogP contribution in [0, 0.1) is 20.8 Å². The smallest absolute Gasteiger partial charge is 0.102 e. The molecule has 0 fully saturated rings. The van der Waals surface area contributed by atoms with Gasteiger partial charge in [-0.2, -0.15) is 5.10 Å². The molecule has 0 N–H and O–H groups in total. The molecule has 0 spiro atoms. The molecule has 3 aromatic carbocycles. The average molecular weight is 398 g/mol. The molecule has 0 radical (unpaired) electrons. The quantitative estimate of drug-likeness (QED) is 0.327. The molecule has 29 heavy (non-hydrogen) atoms. The highest BCUT2D eigenvalue weighted by atomic mass is 35.5. The first-order chi connectivity index (χ1) is 14.0. The third kappa shape index (κ3) is 2.99. The van der Waals surface area contributed by atoms with Crippen molar-refractivity contribution in [1.29, 1.82) is 0 Å². The maximum atomic E-state index is 6.11. The number of rotatable bonds is 2. The fourth-order valence-electron chi connectivity index (χ4n) is 3.76. The van der Waals surface area contributed by atoms with E-state index in [9.17, 15) is 0 Å². The number of pyridine rings is 1. The summed E-state index contributed by atoms with van der Waals surface area (Å²) in [6, 6.07) is 20.6. The van der Waals surface area contributed by atoms with E-state index in [0.29, 0.717) is 5.02 Å². The first-order valence-corrected chi connectivity index (χ1v) is 10.0. The Morgan fingerprint density at radius 2 is 1.59 bits per heavy atom. The van der Waals surface area contributed by atoms with E-state index in [0.717, 1.165) is 38.8 Å². The second-order valence-electron chi connectivity index (χ2n) is 7.58. The summed E-state index contributed by atoms with van der Waals surface area (Å²) >= 11 is 6.11. The van der Waals surface area contributed by atoms with E-state index in [1.165, 1.54) is 16.7 Å². The third-order valence-electron chi connectivity index (χ3n) is 5.51. The molecule has 4 heteroatoms. The summed E-state index contributed by atoms with van der Waals surface area (Å²) in [6.07, 6.45) is 1.93. The third-order valence-corrected chi connectivity index (χ3v) is 5.77. The number of halogens is 1. The minimum atomic E-state index is 0.714. The van der Waals surface area contributed by atoms with Gasteiger partial charge in [0, 0.05) is 27.6 Å². The van der Waals surface area contributed by atoms with Crippen molar-refractivity contribution in [3.63, 3.8) is 0 Å². The van der Waals surface area contributed by atoms with Crippen LogP contribution >= 0.6 is 11.6 Å². The van der Waals surface area contributed by atoms with Crippen LogP contribution in [-0.2, 0) is 0 Å². The molecule has 5 aromatic rings. The summed E-state index contributed by atoms with van der Waals surface area (Å²) < 4.78 is 2.05. The normalized spacial score (nSPS) is 11.4. The molecule has 0 bridgehead atoms. The van der Waals surface area contributed by atoms with Crippen molar-refractivity contribution in [3.8, 4) is 16.9 Å². The van der Waals surface area contributed by atoms with Crippen LogP contribution in [0.3, 0.4) is 0 Å². The van der Waals surface area contributed by atoms with Gasteiger partial charge in [0.25, 0.3) is 0 Å². The number of benzene rings is 3. The van der Waals surface area contributed by atoms with E-state index in [1.54, 1.807) is 0 Å². The molecule has 2 aromatic heterocycles. The molecule has 0 aliphatic heterocycles. The number of aryl methyl sites for hydroxylation is 3. The maximum Gasteiger partial charge on any atom is 0.102 e. The van der Waals surface area contributed by atoms with Gasteiger partial charge in [-0.3, -0.25) is 4.98 Å². The SMILES string of the molecule is Cc1ccc2ncc3c(-c4ccc(Cl)cc4)nn(-c4ccc(C)c(C)c4)c3c2c1. The van der Waals surface area contributed by atoms with Crippen molar-refractivity contribution in [2.75, 3.05) is 0 Å². The summed E-state index contributed by atoms with van der Waals surface area (Å²) in [5.74, 6) is 0. The average Bonchev–Trinajstić information content (AvgIpc) is 3.11. The number of aromatic nitrogens is 3. The Bertz CT molecular complexity index is 1380. The van der Waals surface area contributed by atoms with Crippen LogP contribution < -0.4 is 0 Å². The van der Waals surface area contributed by atoms with E-state index in [1.807, 2.05) is 30.5 Å². The Morgan fingerprint density at radius 1 is 0.793 bits per heavy atom. The van der Waals surface area contributed by atoms with Gasteiger partial charge in [0.15, 0.2) is 0 Å². The van der Waals surface area contributed by atoms with E-state index < -0.39 is 0 Å². The molecular weight excluding hydrogens is 378 g/mol. The number of hydrogen-bond acceptors (Lipinski definition) is 2. The highest BCUT2D eigenvalue weighted by Gasteiger charge is 2.17. The Morgan fingerprint density at radius 3 is 2.34 bits per heavy atom. The minimum absolute atomic E-state index is 0.714. The van der Waals surface area contributed by atoms with E-state index >= 15 is 0 Å². The van der Waals surface area contributed by atoms with Crippen LogP contribution in [0.4, 0.5) is 0 Å². The number of nitrogens with zero attached hydrogens (tertiary/aromatic N) is 3. The predicted molar refractivity (Wildman–Crippen MR) is 121 cm³/mol. The van der Waals surface area contributed by atoms with E-state index in [4.69, 9.17) is 21.7 Å². The van der Waals surface area contributed by atoms with Crippen molar-refractivity contribution < 1.29 is 0 Å². The second-order valence-corrected chi connectivity index (χ2v) is 8.01. The lowest BCUT2D eigenvalue weighted by Crippen LogP contribution is -1.98. The van der Waals surface area contributed by atoms with Crippen LogP contribution in [0.2, 0.25) is 5.02 Å². The van der Waals surface area contributed by atoms with Gasteiger partial charge < -0.3 is 0 Å². The molecule has 5 rings (SSSR count). The zero-order valence-electron chi connectivity index (χ0n) is 16.6. The molecule has 3 nitrogen and oxygen atoms in total. The van der Waals surface area contributed by atoms with Gasteiger partial charge in [-0.05, 0) is 68.3 Å². The van der Waals surface area contributed by atoms with Gasteiger partial charge in [-0.1, -0.05) is 41.4 Å². The highest BCUT2D eigenvalue weighted by molar-refractivity contribution is 6.30. The Labute approximate surface area is 174 Å². The zero-order chi connectivity index (χ0) is 20.1. The summed E-state index contributed by atoms with van der Waals surface area (Å²) in [4.78, 5) is 4.71. The van der Waals surface area contributed by atoms with Crippen LogP contribution in [0.25, 0.3) is 38.8 Å². The Kier molecular flexibility index (Phi) is 4.14. The second kappa shape index (κ2) is 6.71. The monoisotopic (exact) mass is 397 g/mol. The van der Waals surface area contributed by atoms with Gasteiger partial charge in [0.2, 0.25) is 0 Å². The van der Waals surface area contributed by atoms with Gasteiger partial charge in [-0.25, -0.2) is 4.68 Å². The van der Waals surface area contributed by atoms with E-state index in [-0.39, 0.29) is 0 Å². The largest absolute Gasteiger partial charge is 0.255 e. The fourth-order valence-corrected chi connectivity index (χ4v) is 3.89. The van der Waals surface area contributed by atoms with Crippen LogP contribution in [0.5, 0.6) is 0 Å².